The van der Waals surface area contributed by atoms with Gasteiger partial charge in [0.1, 0.15) is 5.82 Å². The molecule has 104 valence electrons. The van der Waals surface area contributed by atoms with Crippen LogP contribution in [0.1, 0.15) is 50.2 Å². The number of aryl methyl sites for hydroxylation is 1. The average molecular weight is 264 g/mol. The van der Waals surface area contributed by atoms with E-state index < -0.39 is 11.9 Å². The number of hydrogen-bond donors (Lipinski definition) is 1. The lowest BCUT2D eigenvalue weighted by Gasteiger charge is -2.39. The number of halogens is 1. The van der Waals surface area contributed by atoms with Crippen molar-refractivity contribution < 1.29 is 14.3 Å². The number of carboxylic acid groups (broad SMARTS) is 1. The highest BCUT2D eigenvalue weighted by Crippen LogP contribution is 2.47. The summed E-state index contributed by atoms with van der Waals surface area (Å²) in [4.78, 5) is 11.5. The Labute approximate surface area is 113 Å². The lowest BCUT2D eigenvalue weighted by Crippen LogP contribution is -2.33. The Morgan fingerprint density at radius 1 is 1.42 bits per heavy atom. The average Bonchev–Trinajstić information content (AvgIpc) is 2.30. The number of hydrogen-bond acceptors (Lipinski definition) is 1. The summed E-state index contributed by atoms with van der Waals surface area (Å²) in [6.45, 7) is 6.24. The molecule has 0 spiro atoms. The molecule has 2 nitrogen and oxygen atoms in total. The first-order valence-electron chi connectivity index (χ1n) is 6.79. The summed E-state index contributed by atoms with van der Waals surface area (Å²) < 4.78 is 13.5. The quantitative estimate of drug-likeness (QED) is 0.872. The minimum absolute atomic E-state index is 0.0862. The van der Waals surface area contributed by atoms with Crippen LogP contribution in [0.2, 0.25) is 0 Å². The van der Waals surface area contributed by atoms with Crippen molar-refractivity contribution in [1.82, 2.24) is 0 Å². The van der Waals surface area contributed by atoms with E-state index in [9.17, 15) is 14.3 Å². The van der Waals surface area contributed by atoms with Crippen LogP contribution in [0.4, 0.5) is 4.39 Å². The van der Waals surface area contributed by atoms with Crippen LogP contribution < -0.4 is 0 Å². The Hall–Kier alpha value is -1.38. The molecule has 3 heteroatoms. The molecule has 0 bridgehead atoms. The molecular formula is C16H21FO2. The molecule has 0 aliphatic heterocycles. The van der Waals surface area contributed by atoms with Crippen molar-refractivity contribution in [1.29, 1.82) is 0 Å². The third-order valence-electron chi connectivity index (χ3n) is 4.35. The monoisotopic (exact) mass is 264 g/mol. The number of carboxylic acids is 1. The molecule has 2 atom stereocenters. The molecule has 2 rings (SSSR count). The van der Waals surface area contributed by atoms with Crippen molar-refractivity contribution in [3.05, 3.63) is 35.1 Å². The molecule has 0 saturated heterocycles. The molecular weight excluding hydrogens is 243 g/mol. The summed E-state index contributed by atoms with van der Waals surface area (Å²) in [5.74, 6) is -1.53. The molecule has 1 aromatic carbocycles. The molecule has 2 unspecified atom stereocenters. The zero-order valence-corrected chi connectivity index (χ0v) is 11.7. The van der Waals surface area contributed by atoms with Crippen LogP contribution in [-0.2, 0) is 4.79 Å². The lowest BCUT2D eigenvalue weighted by atomic mass is 9.64. The van der Waals surface area contributed by atoms with Crippen molar-refractivity contribution in [2.75, 3.05) is 0 Å². The second kappa shape index (κ2) is 4.95. The van der Waals surface area contributed by atoms with E-state index in [2.05, 4.69) is 13.8 Å². The van der Waals surface area contributed by atoms with Gasteiger partial charge in [-0.2, -0.15) is 0 Å². The van der Waals surface area contributed by atoms with E-state index >= 15 is 0 Å². The van der Waals surface area contributed by atoms with Gasteiger partial charge in [-0.15, -0.1) is 0 Å². The number of aliphatic carboxylic acids is 1. The third-order valence-corrected chi connectivity index (χ3v) is 4.35. The fraction of sp³-hybridized carbons (Fsp3) is 0.562. The predicted molar refractivity (Wildman–Crippen MR) is 72.6 cm³/mol. The molecule has 0 radical (unpaired) electrons. The Morgan fingerprint density at radius 2 is 2.11 bits per heavy atom. The molecule has 1 aliphatic rings. The van der Waals surface area contributed by atoms with E-state index in [1.807, 2.05) is 6.92 Å². The molecule has 1 aliphatic carbocycles. The number of carbonyl (C=O) groups is 1. The van der Waals surface area contributed by atoms with Crippen LogP contribution in [0.15, 0.2) is 18.2 Å². The highest BCUT2D eigenvalue weighted by Gasteiger charge is 2.39. The largest absolute Gasteiger partial charge is 0.481 e. The summed E-state index contributed by atoms with van der Waals surface area (Å²) in [7, 11) is 0. The van der Waals surface area contributed by atoms with Gasteiger partial charge in [-0.1, -0.05) is 19.9 Å². The maximum absolute atomic E-state index is 13.5. The van der Waals surface area contributed by atoms with E-state index in [1.165, 1.54) is 12.1 Å². The minimum Gasteiger partial charge on any atom is -0.481 e. The fourth-order valence-corrected chi connectivity index (χ4v) is 3.22. The summed E-state index contributed by atoms with van der Waals surface area (Å²) in [5, 5.41) is 9.41. The molecule has 1 N–H and O–H groups in total. The second-order valence-corrected chi connectivity index (χ2v) is 6.46. The molecule has 1 fully saturated rings. The molecule has 0 amide bonds. The van der Waals surface area contributed by atoms with Gasteiger partial charge in [0.2, 0.25) is 0 Å². The van der Waals surface area contributed by atoms with Gasteiger partial charge in [0.15, 0.2) is 0 Å². The Balaban J connectivity index is 2.41. The second-order valence-electron chi connectivity index (χ2n) is 6.46. The molecule has 0 heterocycles. The zero-order valence-electron chi connectivity index (χ0n) is 11.7. The highest BCUT2D eigenvalue weighted by atomic mass is 19.1. The summed E-state index contributed by atoms with van der Waals surface area (Å²) in [6, 6.07) is 4.69. The van der Waals surface area contributed by atoms with Crippen LogP contribution in [0.25, 0.3) is 0 Å². The van der Waals surface area contributed by atoms with Crippen molar-refractivity contribution in [2.45, 2.75) is 46.0 Å². The van der Waals surface area contributed by atoms with Crippen LogP contribution in [0.3, 0.4) is 0 Å². The van der Waals surface area contributed by atoms with Gasteiger partial charge in [-0.05, 0) is 60.8 Å². The lowest BCUT2D eigenvalue weighted by molar-refractivity contribution is -0.144. The molecule has 1 saturated carbocycles. The maximum atomic E-state index is 13.5. The predicted octanol–water partition coefficient (Wildman–Crippen LogP) is 4.13. The van der Waals surface area contributed by atoms with E-state index in [0.29, 0.717) is 6.42 Å². The Bertz CT molecular complexity index is 494. The first kappa shape index (κ1) is 14.0. The summed E-state index contributed by atoms with van der Waals surface area (Å²) in [5.41, 5.74) is 1.96. The molecule has 0 aromatic heterocycles. The van der Waals surface area contributed by atoms with Crippen LogP contribution in [0.5, 0.6) is 0 Å². The number of rotatable bonds is 2. The van der Waals surface area contributed by atoms with E-state index in [-0.39, 0.29) is 17.2 Å². The minimum atomic E-state index is -0.760. The smallest absolute Gasteiger partial charge is 0.307 e. The summed E-state index contributed by atoms with van der Waals surface area (Å²) in [6.07, 6.45) is 2.38. The molecule has 1 aromatic rings. The van der Waals surface area contributed by atoms with Crippen LogP contribution in [-0.4, -0.2) is 11.1 Å². The normalized spacial score (nSPS) is 26.1. The van der Waals surface area contributed by atoms with Gasteiger partial charge in [-0.3, -0.25) is 4.79 Å². The third kappa shape index (κ3) is 2.96. The fourth-order valence-electron chi connectivity index (χ4n) is 3.22. The first-order valence-corrected chi connectivity index (χ1v) is 6.79. The Morgan fingerprint density at radius 3 is 2.74 bits per heavy atom. The van der Waals surface area contributed by atoms with Gasteiger partial charge >= 0.3 is 5.97 Å². The zero-order chi connectivity index (χ0) is 14.2. The maximum Gasteiger partial charge on any atom is 0.307 e. The van der Waals surface area contributed by atoms with Crippen molar-refractivity contribution in [2.24, 2.45) is 11.3 Å². The van der Waals surface area contributed by atoms with E-state index in [4.69, 9.17) is 0 Å². The Kier molecular flexibility index (Phi) is 3.66. The van der Waals surface area contributed by atoms with Crippen LogP contribution in [0, 0.1) is 24.1 Å². The number of benzene rings is 1. The van der Waals surface area contributed by atoms with Crippen molar-refractivity contribution in [3.63, 3.8) is 0 Å². The topological polar surface area (TPSA) is 37.3 Å². The van der Waals surface area contributed by atoms with Gasteiger partial charge in [0.25, 0.3) is 0 Å². The first-order chi connectivity index (χ1) is 8.80. The standard InChI is InChI=1S/C16H21FO2/c1-10-4-5-11(17)8-13(10)14-9-16(2,3)7-6-12(14)15(18)19/h4-5,8,12,14H,6-7,9H2,1-3H3,(H,18,19). The van der Waals surface area contributed by atoms with E-state index in [0.717, 1.165) is 24.0 Å². The van der Waals surface area contributed by atoms with Crippen molar-refractivity contribution in [3.8, 4) is 0 Å². The van der Waals surface area contributed by atoms with Gasteiger partial charge in [-0.25, -0.2) is 4.39 Å². The van der Waals surface area contributed by atoms with Gasteiger partial charge < -0.3 is 5.11 Å². The van der Waals surface area contributed by atoms with Crippen LogP contribution >= 0.6 is 0 Å². The molecule has 19 heavy (non-hydrogen) atoms. The van der Waals surface area contributed by atoms with Gasteiger partial charge in [0, 0.05) is 0 Å². The highest BCUT2D eigenvalue weighted by molar-refractivity contribution is 5.71. The van der Waals surface area contributed by atoms with Crippen molar-refractivity contribution >= 4 is 5.97 Å². The van der Waals surface area contributed by atoms with Gasteiger partial charge in [0.05, 0.1) is 5.92 Å². The SMILES string of the molecule is Cc1ccc(F)cc1C1CC(C)(C)CCC1C(=O)O. The summed E-state index contributed by atoms with van der Waals surface area (Å²) >= 11 is 0. The van der Waals surface area contributed by atoms with E-state index in [1.54, 1.807) is 6.07 Å².